The molecule has 152 valence electrons. The van der Waals surface area contributed by atoms with E-state index >= 15 is 0 Å². The summed E-state index contributed by atoms with van der Waals surface area (Å²) in [6.07, 6.45) is 1.92. The van der Waals surface area contributed by atoms with Gasteiger partial charge < -0.3 is 4.57 Å². The van der Waals surface area contributed by atoms with Gasteiger partial charge in [0.2, 0.25) is 0 Å². The fraction of sp³-hybridized carbons (Fsp3) is 0.318. The Balaban J connectivity index is 2.18. The van der Waals surface area contributed by atoms with Gasteiger partial charge in [-0.1, -0.05) is 38.1 Å². The Morgan fingerprint density at radius 1 is 1.10 bits per heavy atom. The summed E-state index contributed by atoms with van der Waals surface area (Å²) in [6.45, 7) is 6.42. The van der Waals surface area contributed by atoms with Crippen LogP contribution in [0.1, 0.15) is 39.7 Å². The van der Waals surface area contributed by atoms with Crippen molar-refractivity contribution in [3.05, 3.63) is 74.6 Å². The summed E-state index contributed by atoms with van der Waals surface area (Å²) in [7, 11) is 0. The van der Waals surface area contributed by atoms with Gasteiger partial charge in [0.1, 0.15) is 11.5 Å². The van der Waals surface area contributed by atoms with E-state index in [-0.39, 0.29) is 17.5 Å². The molecule has 0 aliphatic heterocycles. The predicted octanol–water partition coefficient (Wildman–Crippen LogP) is 6.49. The van der Waals surface area contributed by atoms with Gasteiger partial charge in [0.05, 0.1) is 10.6 Å². The van der Waals surface area contributed by atoms with Gasteiger partial charge in [-0.25, -0.2) is 9.38 Å². The third-order valence-corrected chi connectivity index (χ3v) is 5.63. The number of thiazole rings is 1. The van der Waals surface area contributed by atoms with Crippen molar-refractivity contribution in [3.8, 4) is 11.3 Å². The Bertz CT molecular complexity index is 1070. The summed E-state index contributed by atoms with van der Waals surface area (Å²) in [4.78, 5) is 16.2. The minimum absolute atomic E-state index is 0.0466. The Kier molecular flexibility index (Phi) is 6.59. The van der Waals surface area contributed by atoms with E-state index in [0.29, 0.717) is 22.0 Å². The van der Waals surface area contributed by atoms with E-state index in [2.05, 4.69) is 25.8 Å². The Labute approximate surface area is 173 Å². The molecule has 1 heterocycles. The van der Waals surface area contributed by atoms with Gasteiger partial charge in [0, 0.05) is 23.1 Å². The highest BCUT2D eigenvalue weighted by Crippen LogP contribution is 2.30. The molecule has 29 heavy (non-hydrogen) atoms. The largest absolute Gasteiger partial charge is 0.314 e. The molecule has 0 fully saturated rings. The third kappa shape index (κ3) is 4.79. The SMILES string of the molecule is CC(C)CCC(C)n1c(-c2ccccc2F)csc1=Nc1ccccc1[N+](=O)[O-]. The monoisotopic (exact) mass is 413 g/mol. The summed E-state index contributed by atoms with van der Waals surface area (Å²) in [5, 5.41) is 13.2. The maximum atomic E-state index is 14.5. The van der Waals surface area contributed by atoms with Crippen molar-refractivity contribution in [3.63, 3.8) is 0 Å². The first-order valence-electron chi connectivity index (χ1n) is 9.61. The van der Waals surface area contributed by atoms with Gasteiger partial charge in [-0.2, -0.15) is 0 Å². The van der Waals surface area contributed by atoms with Gasteiger partial charge in [-0.15, -0.1) is 11.3 Å². The summed E-state index contributed by atoms with van der Waals surface area (Å²) in [5.41, 5.74) is 1.49. The summed E-state index contributed by atoms with van der Waals surface area (Å²) in [5.74, 6) is 0.247. The summed E-state index contributed by atoms with van der Waals surface area (Å²) >= 11 is 1.36. The molecule has 0 amide bonds. The quantitative estimate of drug-likeness (QED) is 0.328. The molecule has 0 aliphatic carbocycles. The Morgan fingerprint density at radius 2 is 1.79 bits per heavy atom. The van der Waals surface area contributed by atoms with Gasteiger partial charge in [-0.3, -0.25) is 10.1 Å². The highest BCUT2D eigenvalue weighted by molar-refractivity contribution is 7.07. The number of para-hydroxylation sites is 2. The second-order valence-electron chi connectivity index (χ2n) is 7.43. The predicted molar refractivity (Wildman–Crippen MR) is 115 cm³/mol. The smallest absolute Gasteiger partial charge is 0.294 e. The molecular weight excluding hydrogens is 389 g/mol. The number of hydrogen-bond donors (Lipinski definition) is 0. The molecule has 1 aromatic heterocycles. The van der Waals surface area contributed by atoms with Crippen LogP contribution in [0.15, 0.2) is 58.9 Å². The number of rotatable bonds is 7. The fourth-order valence-electron chi connectivity index (χ4n) is 3.21. The van der Waals surface area contributed by atoms with Gasteiger partial charge in [0.15, 0.2) is 4.80 Å². The fourth-order valence-corrected chi connectivity index (χ4v) is 4.21. The van der Waals surface area contributed by atoms with Crippen molar-refractivity contribution in [1.29, 1.82) is 0 Å². The van der Waals surface area contributed by atoms with E-state index in [0.717, 1.165) is 18.5 Å². The first-order chi connectivity index (χ1) is 13.9. The van der Waals surface area contributed by atoms with Crippen molar-refractivity contribution in [2.24, 2.45) is 10.9 Å². The molecular formula is C22H24FN3O2S. The van der Waals surface area contributed by atoms with Gasteiger partial charge in [0.25, 0.3) is 5.69 Å². The first kappa shape index (κ1) is 20.9. The normalized spacial score (nSPS) is 13.1. The lowest BCUT2D eigenvalue weighted by atomic mass is 10.0. The van der Waals surface area contributed by atoms with Crippen LogP contribution >= 0.6 is 11.3 Å². The molecule has 2 aromatic carbocycles. The number of halogens is 1. The van der Waals surface area contributed by atoms with Crippen LogP contribution in [-0.2, 0) is 0 Å². The molecule has 5 nitrogen and oxygen atoms in total. The number of aromatic nitrogens is 1. The molecule has 0 spiro atoms. The molecule has 0 saturated heterocycles. The zero-order valence-electron chi connectivity index (χ0n) is 16.7. The Hall–Kier alpha value is -2.80. The molecule has 3 aromatic rings. The standard InChI is InChI=1S/C22H24FN3O2S/c1-15(2)12-13-16(3)25-21(17-8-4-5-9-18(17)23)14-29-22(25)24-19-10-6-7-11-20(19)26(27)28/h4-11,14-16H,12-13H2,1-3H3. The number of hydrogen-bond acceptors (Lipinski definition) is 4. The Morgan fingerprint density at radius 3 is 2.48 bits per heavy atom. The van der Waals surface area contributed by atoms with E-state index in [1.54, 1.807) is 36.4 Å². The summed E-state index contributed by atoms with van der Waals surface area (Å²) < 4.78 is 16.5. The van der Waals surface area contributed by atoms with Crippen LogP contribution in [0.2, 0.25) is 0 Å². The molecule has 0 bridgehead atoms. The van der Waals surface area contributed by atoms with E-state index in [9.17, 15) is 14.5 Å². The van der Waals surface area contributed by atoms with E-state index in [4.69, 9.17) is 0 Å². The highest BCUT2D eigenvalue weighted by atomic mass is 32.1. The molecule has 1 unspecified atom stereocenters. The third-order valence-electron chi connectivity index (χ3n) is 4.79. The maximum absolute atomic E-state index is 14.5. The first-order valence-corrected chi connectivity index (χ1v) is 10.5. The molecule has 0 aliphatic rings. The minimum atomic E-state index is -0.434. The van der Waals surface area contributed by atoms with Crippen LogP contribution in [0.5, 0.6) is 0 Å². The van der Waals surface area contributed by atoms with E-state index < -0.39 is 4.92 Å². The van der Waals surface area contributed by atoms with Crippen LogP contribution in [0.3, 0.4) is 0 Å². The van der Waals surface area contributed by atoms with Crippen LogP contribution < -0.4 is 4.80 Å². The lowest BCUT2D eigenvalue weighted by Crippen LogP contribution is -2.20. The highest BCUT2D eigenvalue weighted by Gasteiger charge is 2.18. The molecule has 0 radical (unpaired) electrons. The molecule has 1 atom stereocenters. The van der Waals surface area contributed by atoms with E-state index in [1.807, 2.05) is 9.95 Å². The zero-order valence-corrected chi connectivity index (χ0v) is 17.5. The van der Waals surface area contributed by atoms with Gasteiger partial charge >= 0.3 is 0 Å². The van der Waals surface area contributed by atoms with Gasteiger partial charge in [-0.05, 0) is 43.9 Å². The molecule has 7 heteroatoms. The maximum Gasteiger partial charge on any atom is 0.294 e. The second-order valence-corrected chi connectivity index (χ2v) is 8.27. The lowest BCUT2D eigenvalue weighted by Gasteiger charge is -2.18. The number of nitro benzene ring substituents is 1. The van der Waals surface area contributed by atoms with Crippen LogP contribution in [0.4, 0.5) is 15.8 Å². The van der Waals surface area contributed by atoms with Crippen molar-refractivity contribution < 1.29 is 9.31 Å². The lowest BCUT2D eigenvalue weighted by molar-refractivity contribution is -0.384. The van der Waals surface area contributed by atoms with Crippen molar-refractivity contribution in [2.45, 2.75) is 39.7 Å². The molecule has 0 N–H and O–H groups in total. The van der Waals surface area contributed by atoms with Crippen LogP contribution in [-0.4, -0.2) is 9.49 Å². The average Bonchev–Trinajstić information content (AvgIpc) is 3.10. The van der Waals surface area contributed by atoms with E-state index in [1.165, 1.54) is 23.5 Å². The molecule has 0 saturated carbocycles. The van der Waals surface area contributed by atoms with Crippen molar-refractivity contribution in [1.82, 2.24) is 4.57 Å². The van der Waals surface area contributed by atoms with Crippen molar-refractivity contribution in [2.75, 3.05) is 0 Å². The summed E-state index contributed by atoms with van der Waals surface area (Å²) in [6, 6.07) is 13.1. The number of benzene rings is 2. The number of nitro groups is 1. The average molecular weight is 414 g/mol. The minimum Gasteiger partial charge on any atom is -0.314 e. The zero-order chi connectivity index (χ0) is 21.0. The van der Waals surface area contributed by atoms with Crippen molar-refractivity contribution >= 4 is 22.7 Å². The molecule has 3 rings (SSSR count). The van der Waals surface area contributed by atoms with Crippen LogP contribution in [0.25, 0.3) is 11.3 Å². The van der Waals surface area contributed by atoms with Crippen LogP contribution in [0, 0.1) is 21.8 Å². The number of nitrogens with zero attached hydrogens (tertiary/aromatic N) is 3. The second kappa shape index (κ2) is 9.13. The topological polar surface area (TPSA) is 60.4 Å².